The zero-order valence-corrected chi connectivity index (χ0v) is 13.4. The van der Waals surface area contributed by atoms with E-state index in [1.165, 1.54) is 18.2 Å². The van der Waals surface area contributed by atoms with Crippen molar-refractivity contribution in [1.82, 2.24) is 4.90 Å². The van der Waals surface area contributed by atoms with Crippen molar-refractivity contribution in [3.05, 3.63) is 28.8 Å². The van der Waals surface area contributed by atoms with E-state index in [1.54, 1.807) is 4.90 Å². The number of carboxylic acid groups (broad SMARTS) is 1. The number of halogens is 1. The van der Waals surface area contributed by atoms with Gasteiger partial charge in [-0.1, -0.05) is 25.4 Å². The third-order valence-electron chi connectivity index (χ3n) is 3.16. The van der Waals surface area contributed by atoms with Crippen molar-refractivity contribution in [2.24, 2.45) is 0 Å². The van der Waals surface area contributed by atoms with Crippen molar-refractivity contribution in [3.63, 3.8) is 0 Å². The van der Waals surface area contributed by atoms with Crippen molar-refractivity contribution < 1.29 is 14.7 Å². The molecule has 2 amide bonds. The molecule has 1 aliphatic rings. The highest BCUT2D eigenvalue weighted by molar-refractivity contribution is 8.00. The summed E-state index contributed by atoms with van der Waals surface area (Å²) in [6, 6.07) is 4.05. The highest BCUT2D eigenvalue weighted by Crippen LogP contribution is 2.27. The van der Waals surface area contributed by atoms with Gasteiger partial charge in [-0.15, -0.1) is 0 Å². The van der Waals surface area contributed by atoms with Crippen molar-refractivity contribution in [3.8, 4) is 0 Å². The smallest absolute Gasteiger partial charge is 0.335 e. The van der Waals surface area contributed by atoms with E-state index in [0.717, 1.165) is 0 Å². The van der Waals surface area contributed by atoms with Crippen LogP contribution in [0.2, 0.25) is 5.02 Å². The van der Waals surface area contributed by atoms with Crippen LogP contribution < -0.4 is 5.32 Å². The Kier molecular flexibility index (Phi) is 5.00. The van der Waals surface area contributed by atoms with E-state index in [-0.39, 0.29) is 16.6 Å². The summed E-state index contributed by atoms with van der Waals surface area (Å²) in [6.07, 6.45) is 0. The van der Waals surface area contributed by atoms with E-state index in [0.29, 0.717) is 29.3 Å². The molecule has 0 radical (unpaired) electrons. The molecule has 21 heavy (non-hydrogen) atoms. The minimum Gasteiger partial charge on any atom is -0.478 e. The zero-order chi connectivity index (χ0) is 15.6. The van der Waals surface area contributed by atoms with Gasteiger partial charge in [0, 0.05) is 23.6 Å². The van der Waals surface area contributed by atoms with E-state index in [9.17, 15) is 9.59 Å². The second-order valence-electron chi connectivity index (χ2n) is 5.09. The van der Waals surface area contributed by atoms with Crippen LogP contribution in [0.1, 0.15) is 24.2 Å². The quantitative estimate of drug-likeness (QED) is 0.873. The Morgan fingerprint density at radius 2 is 1.95 bits per heavy atom. The zero-order valence-electron chi connectivity index (χ0n) is 11.8. The Labute approximate surface area is 132 Å². The van der Waals surface area contributed by atoms with Crippen molar-refractivity contribution in [1.29, 1.82) is 0 Å². The topological polar surface area (TPSA) is 69.6 Å². The van der Waals surface area contributed by atoms with Crippen molar-refractivity contribution in [2.45, 2.75) is 24.3 Å². The van der Waals surface area contributed by atoms with Crippen LogP contribution in [-0.2, 0) is 0 Å². The first-order valence-corrected chi connectivity index (χ1v) is 7.93. The molecule has 1 aromatic carbocycles. The summed E-state index contributed by atoms with van der Waals surface area (Å²) in [5, 5.41) is 12.6. The minimum atomic E-state index is -1.05. The first kappa shape index (κ1) is 16.0. The highest BCUT2D eigenvalue weighted by atomic mass is 35.5. The standard InChI is InChI=1S/C14H17ClN2O3S/c1-8-6-17(7-9(2)21-8)14(20)16-12-4-3-10(13(18)19)5-11(12)15/h3-5,8-9H,6-7H2,1-2H3,(H,16,20)(H,18,19). The Bertz CT molecular complexity index is 557. The summed E-state index contributed by atoms with van der Waals surface area (Å²) in [7, 11) is 0. The number of anilines is 1. The number of benzene rings is 1. The van der Waals surface area contributed by atoms with Gasteiger partial charge in [0.1, 0.15) is 0 Å². The van der Waals surface area contributed by atoms with Crippen LogP contribution in [0.5, 0.6) is 0 Å². The van der Waals surface area contributed by atoms with E-state index in [2.05, 4.69) is 19.2 Å². The molecule has 0 spiro atoms. The predicted molar refractivity (Wildman–Crippen MR) is 85.5 cm³/mol. The lowest BCUT2D eigenvalue weighted by Gasteiger charge is -2.34. The fourth-order valence-corrected chi connectivity index (χ4v) is 3.84. The summed E-state index contributed by atoms with van der Waals surface area (Å²) < 4.78 is 0. The monoisotopic (exact) mass is 328 g/mol. The summed E-state index contributed by atoms with van der Waals surface area (Å²) in [6.45, 7) is 5.56. The Hall–Kier alpha value is -1.40. The number of nitrogens with zero attached hydrogens (tertiary/aromatic N) is 1. The number of carbonyl (C=O) groups is 2. The first-order valence-electron chi connectivity index (χ1n) is 6.61. The van der Waals surface area contributed by atoms with Crippen LogP contribution in [-0.4, -0.2) is 45.6 Å². The van der Waals surface area contributed by atoms with Gasteiger partial charge in [0.05, 0.1) is 16.3 Å². The van der Waals surface area contributed by atoms with Gasteiger partial charge >= 0.3 is 12.0 Å². The minimum absolute atomic E-state index is 0.0922. The molecule has 1 aliphatic heterocycles. The van der Waals surface area contributed by atoms with Gasteiger partial charge in [0.2, 0.25) is 0 Å². The fourth-order valence-electron chi connectivity index (χ4n) is 2.29. The van der Waals surface area contributed by atoms with Gasteiger partial charge in [0.25, 0.3) is 0 Å². The molecular weight excluding hydrogens is 312 g/mol. The number of nitrogens with one attached hydrogen (secondary N) is 1. The number of hydrogen-bond donors (Lipinski definition) is 2. The number of thioether (sulfide) groups is 1. The number of carbonyl (C=O) groups excluding carboxylic acids is 1. The van der Waals surface area contributed by atoms with Crippen LogP contribution in [0.4, 0.5) is 10.5 Å². The maximum Gasteiger partial charge on any atom is 0.335 e. The number of carboxylic acids is 1. The Morgan fingerprint density at radius 3 is 2.48 bits per heavy atom. The van der Waals surface area contributed by atoms with Gasteiger partial charge in [-0.05, 0) is 18.2 Å². The summed E-state index contributed by atoms with van der Waals surface area (Å²) in [4.78, 5) is 24.9. The summed E-state index contributed by atoms with van der Waals surface area (Å²) >= 11 is 7.88. The molecule has 0 saturated carbocycles. The fraction of sp³-hybridized carbons (Fsp3) is 0.429. The van der Waals surface area contributed by atoms with E-state index >= 15 is 0 Å². The third-order valence-corrected chi connectivity index (χ3v) is 4.70. The van der Waals surface area contributed by atoms with Crippen molar-refractivity contribution in [2.75, 3.05) is 18.4 Å². The molecule has 0 bridgehead atoms. The van der Waals surface area contributed by atoms with Gasteiger partial charge in [-0.25, -0.2) is 9.59 Å². The maximum atomic E-state index is 12.3. The lowest BCUT2D eigenvalue weighted by molar-refractivity contribution is 0.0697. The van der Waals surface area contributed by atoms with E-state index in [4.69, 9.17) is 16.7 Å². The molecule has 2 unspecified atom stereocenters. The maximum absolute atomic E-state index is 12.3. The summed E-state index contributed by atoms with van der Waals surface area (Å²) in [5.74, 6) is -1.05. The Morgan fingerprint density at radius 1 is 1.33 bits per heavy atom. The molecule has 5 nitrogen and oxygen atoms in total. The molecule has 0 aliphatic carbocycles. The second-order valence-corrected chi connectivity index (χ2v) is 7.38. The number of aromatic carboxylic acids is 1. The Balaban J connectivity index is 2.07. The highest BCUT2D eigenvalue weighted by Gasteiger charge is 2.26. The molecule has 1 heterocycles. The lowest BCUT2D eigenvalue weighted by atomic mass is 10.2. The van der Waals surface area contributed by atoms with Crippen LogP contribution in [0.15, 0.2) is 18.2 Å². The number of urea groups is 1. The molecule has 1 aromatic rings. The van der Waals surface area contributed by atoms with E-state index in [1.807, 2.05) is 11.8 Å². The van der Waals surface area contributed by atoms with Crippen LogP contribution in [0, 0.1) is 0 Å². The third kappa shape index (κ3) is 4.04. The normalized spacial score (nSPS) is 22.0. The van der Waals surface area contributed by atoms with Gasteiger partial charge < -0.3 is 15.3 Å². The molecule has 114 valence electrons. The van der Waals surface area contributed by atoms with Gasteiger partial charge in [-0.3, -0.25) is 0 Å². The SMILES string of the molecule is CC1CN(C(=O)Nc2ccc(C(=O)O)cc2Cl)CC(C)S1. The van der Waals surface area contributed by atoms with Crippen molar-refractivity contribution >= 4 is 41.1 Å². The molecule has 2 atom stereocenters. The number of amides is 2. The van der Waals surface area contributed by atoms with Crippen LogP contribution in [0.25, 0.3) is 0 Å². The lowest BCUT2D eigenvalue weighted by Crippen LogP contribution is -2.46. The van der Waals surface area contributed by atoms with Gasteiger partial charge in [0.15, 0.2) is 0 Å². The number of rotatable bonds is 2. The largest absolute Gasteiger partial charge is 0.478 e. The molecular formula is C14H17ClN2O3S. The molecule has 1 fully saturated rings. The average Bonchev–Trinajstić information content (AvgIpc) is 2.39. The molecule has 7 heteroatoms. The van der Waals surface area contributed by atoms with Gasteiger partial charge in [-0.2, -0.15) is 11.8 Å². The molecule has 2 rings (SSSR count). The average molecular weight is 329 g/mol. The summed E-state index contributed by atoms with van der Waals surface area (Å²) in [5.41, 5.74) is 0.514. The first-order chi connectivity index (χ1) is 9.86. The molecule has 0 aromatic heterocycles. The van der Waals surface area contributed by atoms with Crippen LogP contribution in [0.3, 0.4) is 0 Å². The number of hydrogen-bond acceptors (Lipinski definition) is 3. The van der Waals surface area contributed by atoms with E-state index < -0.39 is 5.97 Å². The van der Waals surface area contributed by atoms with Crippen LogP contribution >= 0.6 is 23.4 Å². The second kappa shape index (κ2) is 6.58. The molecule has 1 saturated heterocycles. The molecule has 2 N–H and O–H groups in total. The predicted octanol–water partition coefficient (Wildman–Crippen LogP) is 3.40.